The van der Waals surface area contributed by atoms with Gasteiger partial charge in [0.15, 0.2) is 0 Å². The Morgan fingerprint density at radius 2 is 1.94 bits per heavy atom. The van der Waals surface area contributed by atoms with Crippen LogP contribution in [0.4, 0.5) is 5.69 Å². The third kappa shape index (κ3) is 6.61. The Labute approximate surface area is 307 Å². The second-order valence-corrected chi connectivity index (χ2v) is 18.1. The normalized spacial score (nSPS) is 31.6. The lowest BCUT2D eigenvalue weighted by atomic mass is 9.66. The molecule has 1 aromatic heterocycles. The summed E-state index contributed by atoms with van der Waals surface area (Å²) in [6.07, 6.45) is 9.94. The van der Waals surface area contributed by atoms with E-state index in [1.54, 1.807) is 13.1 Å². The quantitative estimate of drug-likeness (QED) is 0.347. The molecule has 1 N–H and O–H groups in total. The molecule has 2 fully saturated rings. The molecule has 12 heteroatoms. The molecule has 278 valence electrons. The molecule has 2 aromatic carbocycles. The number of aryl methyl sites for hydroxylation is 3. The average molecular weight is 730 g/mol. The van der Waals surface area contributed by atoms with Crippen LogP contribution in [0, 0.1) is 30.6 Å². The maximum atomic E-state index is 14.7. The molecule has 1 saturated carbocycles. The van der Waals surface area contributed by atoms with Gasteiger partial charge in [0.2, 0.25) is 5.88 Å². The Morgan fingerprint density at radius 1 is 1.10 bits per heavy atom. The summed E-state index contributed by atoms with van der Waals surface area (Å²) in [5.74, 6) is 0.901. The Balaban J connectivity index is 1.20. The highest BCUT2D eigenvalue weighted by molar-refractivity contribution is 7.92. The van der Waals surface area contributed by atoms with E-state index in [0.29, 0.717) is 29.9 Å². The largest absolute Gasteiger partial charge is 0.490 e. The summed E-state index contributed by atoms with van der Waals surface area (Å²) in [7, 11) is -0.452. The van der Waals surface area contributed by atoms with Gasteiger partial charge in [0.25, 0.3) is 11.8 Å². The topological polar surface area (TPSA) is 124 Å². The van der Waals surface area contributed by atoms with Crippen molar-refractivity contribution in [3.8, 4) is 11.6 Å². The van der Waals surface area contributed by atoms with Gasteiger partial charge in [-0.1, -0.05) is 30.7 Å². The number of aromatic nitrogens is 2. The van der Waals surface area contributed by atoms with Gasteiger partial charge in [0.1, 0.15) is 21.2 Å². The second-order valence-electron chi connectivity index (χ2n) is 16.1. The van der Waals surface area contributed by atoms with Crippen LogP contribution in [-0.2, 0) is 33.5 Å². The third-order valence-corrected chi connectivity index (χ3v) is 14.3. The first-order chi connectivity index (χ1) is 25.0. The SMILES string of the molecule is COc1nn(C)cc1C(=O)NS1(=O)=NC(=O)c2ccc3c(c2)N(C[C@@H]2CC[C@H]2[C@H]2OCC[C@@H]2CC[C@H](C)C1)C[C@@]1(CCCc2cc(C)ccc21)CO3. The first-order valence-corrected chi connectivity index (χ1v) is 20.6. The summed E-state index contributed by atoms with van der Waals surface area (Å²) in [6.45, 7) is 7.13. The minimum absolute atomic E-state index is 0.0406. The number of nitrogens with zero attached hydrogens (tertiary/aromatic N) is 4. The lowest BCUT2D eigenvalue weighted by Gasteiger charge is -2.46. The molecule has 52 heavy (non-hydrogen) atoms. The molecule has 0 radical (unpaired) electrons. The predicted octanol–water partition coefficient (Wildman–Crippen LogP) is 6.02. The Hall–Kier alpha value is -3.90. The molecule has 11 nitrogen and oxygen atoms in total. The summed E-state index contributed by atoms with van der Waals surface area (Å²) >= 11 is 0. The highest BCUT2D eigenvalue weighted by Crippen LogP contribution is 2.49. The van der Waals surface area contributed by atoms with Gasteiger partial charge in [0, 0.05) is 43.9 Å². The van der Waals surface area contributed by atoms with Crippen molar-refractivity contribution in [3.05, 3.63) is 70.4 Å². The molecule has 2 amide bonds. The minimum Gasteiger partial charge on any atom is -0.490 e. The van der Waals surface area contributed by atoms with Crippen LogP contribution < -0.4 is 19.1 Å². The first kappa shape index (κ1) is 35.1. The van der Waals surface area contributed by atoms with Crippen molar-refractivity contribution in [2.45, 2.75) is 76.7 Å². The number of fused-ring (bicyclic) bond motifs is 6. The zero-order valence-electron chi connectivity index (χ0n) is 30.8. The van der Waals surface area contributed by atoms with Gasteiger partial charge in [0.05, 0.1) is 31.3 Å². The molecular weight excluding hydrogens is 679 g/mol. The van der Waals surface area contributed by atoms with Gasteiger partial charge in [-0.2, -0.15) is 0 Å². The van der Waals surface area contributed by atoms with Gasteiger partial charge >= 0.3 is 0 Å². The maximum absolute atomic E-state index is 14.7. The van der Waals surface area contributed by atoms with E-state index in [2.05, 4.69) is 44.2 Å². The smallest absolute Gasteiger partial charge is 0.286 e. The van der Waals surface area contributed by atoms with Gasteiger partial charge in [-0.15, -0.1) is 9.46 Å². The molecule has 1 spiro atoms. The first-order valence-electron chi connectivity index (χ1n) is 19.0. The van der Waals surface area contributed by atoms with Gasteiger partial charge < -0.3 is 19.1 Å². The molecule has 2 bridgehead atoms. The summed E-state index contributed by atoms with van der Waals surface area (Å²) < 4.78 is 41.7. The number of carbonyl (C=O) groups is 2. The highest BCUT2D eigenvalue weighted by Gasteiger charge is 2.47. The Kier molecular flexibility index (Phi) is 9.34. The number of nitrogens with one attached hydrogen (secondary N) is 1. The van der Waals surface area contributed by atoms with Gasteiger partial charge in [-0.25, -0.2) is 4.21 Å². The van der Waals surface area contributed by atoms with Crippen LogP contribution in [0.15, 0.2) is 47.0 Å². The highest BCUT2D eigenvalue weighted by atomic mass is 32.2. The fourth-order valence-electron chi connectivity index (χ4n) is 9.61. The molecule has 1 saturated heterocycles. The number of carbonyl (C=O) groups excluding carboxylic acids is 2. The Morgan fingerprint density at radius 3 is 2.75 bits per heavy atom. The van der Waals surface area contributed by atoms with E-state index >= 15 is 0 Å². The fraction of sp³-hybridized carbons (Fsp3) is 0.575. The average Bonchev–Trinajstić information content (AvgIpc) is 3.68. The zero-order valence-corrected chi connectivity index (χ0v) is 31.6. The standard InChI is InChI=1S/C40H51N5O6S/c1-25-8-13-33-28(18-25)6-5-16-40(33)23-45-20-30-10-12-31(30)36-27(15-17-50-36)9-7-26(2)22-52(48,43-38(47)32-21-44(3)41-39(32)49-4)42-37(46)29-11-14-35(51-24-40)34(45)19-29/h8,11,13-14,18-19,21,26-27,30-31,36H,5-7,9-10,12,15-17,20,22-24H2,1-4H3,(H,42,43,46,47,48)/t26-,27-,30-,31+,36-,40-,52?/m0/s1. The number of rotatable bonds is 3. The van der Waals surface area contributed by atoms with Gasteiger partial charge in [-0.05, 0) is 111 Å². The van der Waals surface area contributed by atoms with E-state index in [-0.39, 0.29) is 34.6 Å². The maximum Gasteiger partial charge on any atom is 0.286 e. The number of amides is 2. The van der Waals surface area contributed by atoms with E-state index in [4.69, 9.17) is 14.2 Å². The third-order valence-electron chi connectivity index (χ3n) is 12.4. The molecule has 5 aliphatic rings. The van der Waals surface area contributed by atoms with E-state index in [1.165, 1.54) is 34.7 Å². The minimum atomic E-state index is -3.55. The van der Waals surface area contributed by atoms with E-state index in [0.717, 1.165) is 82.5 Å². The van der Waals surface area contributed by atoms with Crippen molar-refractivity contribution in [1.29, 1.82) is 0 Å². The summed E-state index contributed by atoms with van der Waals surface area (Å²) in [6, 6.07) is 12.3. The number of methoxy groups -OCH3 is 1. The zero-order chi connectivity index (χ0) is 36.2. The monoisotopic (exact) mass is 729 g/mol. The van der Waals surface area contributed by atoms with E-state index in [9.17, 15) is 13.8 Å². The van der Waals surface area contributed by atoms with Crippen LogP contribution in [0.2, 0.25) is 0 Å². The molecule has 8 rings (SSSR count). The van der Waals surface area contributed by atoms with E-state index < -0.39 is 21.7 Å². The molecule has 2 aliphatic carbocycles. The molecule has 7 atom stereocenters. The molecule has 4 heterocycles. The summed E-state index contributed by atoms with van der Waals surface area (Å²) in [4.78, 5) is 30.1. The lowest BCUT2D eigenvalue weighted by Crippen LogP contribution is -2.50. The number of anilines is 1. The molecule has 3 aliphatic heterocycles. The van der Waals surface area contributed by atoms with Crippen molar-refractivity contribution in [2.75, 3.05) is 44.1 Å². The van der Waals surface area contributed by atoms with Crippen molar-refractivity contribution < 1.29 is 28.0 Å². The summed E-state index contributed by atoms with van der Waals surface area (Å²) in [5, 5.41) is 4.18. The fourth-order valence-corrected chi connectivity index (χ4v) is 11.5. The van der Waals surface area contributed by atoms with Crippen LogP contribution in [0.3, 0.4) is 0 Å². The van der Waals surface area contributed by atoms with Crippen molar-refractivity contribution in [1.82, 2.24) is 14.5 Å². The summed E-state index contributed by atoms with van der Waals surface area (Å²) in [5.41, 5.74) is 5.16. The number of ether oxygens (including phenoxy) is 3. The van der Waals surface area contributed by atoms with E-state index in [1.807, 2.05) is 19.1 Å². The van der Waals surface area contributed by atoms with Crippen LogP contribution in [0.25, 0.3) is 0 Å². The van der Waals surface area contributed by atoms with Crippen molar-refractivity contribution in [3.63, 3.8) is 0 Å². The van der Waals surface area contributed by atoms with Crippen molar-refractivity contribution >= 4 is 27.4 Å². The number of benzene rings is 2. The molecule has 3 aromatic rings. The van der Waals surface area contributed by atoms with Crippen LogP contribution in [-0.4, -0.2) is 71.1 Å². The number of hydrogen-bond acceptors (Lipinski definition) is 8. The van der Waals surface area contributed by atoms with Crippen LogP contribution >= 0.6 is 0 Å². The van der Waals surface area contributed by atoms with Gasteiger partial charge in [-0.3, -0.25) is 19.0 Å². The lowest BCUT2D eigenvalue weighted by molar-refractivity contribution is -0.0257. The van der Waals surface area contributed by atoms with Crippen LogP contribution in [0.1, 0.15) is 89.3 Å². The van der Waals surface area contributed by atoms with Crippen LogP contribution in [0.5, 0.6) is 11.6 Å². The Bertz CT molecular complexity index is 2000. The molecule has 1 unspecified atom stereocenters. The number of hydrogen-bond donors (Lipinski definition) is 1. The predicted molar refractivity (Wildman–Crippen MR) is 199 cm³/mol. The molecular formula is C40H51N5O6S. The second kappa shape index (κ2) is 13.8. The van der Waals surface area contributed by atoms with Crippen molar-refractivity contribution in [2.24, 2.45) is 35.1 Å².